The Bertz CT molecular complexity index is 1340. The van der Waals surface area contributed by atoms with Gasteiger partial charge in [-0.3, -0.25) is 13.9 Å². The van der Waals surface area contributed by atoms with E-state index in [-0.39, 0.29) is 23.0 Å². The summed E-state index contributed by atoms with van der Waals surface area (Å²) in [6, 6.07) is 20.1. The number of hydrogen-bond donors (Lipinski definition) is 2. The monoisotopic (exact) mass is 493 g/mol. The maximum Gasteiger partial charge on any atom is 0.264 e. The molecule has 0 radical (unpaired) electrons. The number of para-hydroxylation sites is 1. The first kappa shape index (κ1) is 24.3. The maximum atomic E-state index is 13.4. The van der Waals surface area contributed by atoms with Crippen LogP contribution in [0.15, 0.2) is 77.7 Å². The zero-order valence-corrected chi connectivity index (χ0v) is 20.2. The Balaban J connectivity index is 1.50. The minimum atomic E-state index is -3.84. The van der Waals surface area contributed by atoms with Crippen LogP contribution in [0, 0.1) is 0 Å². The fourth-order valence-corrected chi connectivity index (χ4v) is 5.53. The Labute approximate surface area is 205 Å². The van der Waals surface area contributed by atoms with Crippen molar-refractivity contribution in [1.82, 2.24) is 5.32 Å². The molecule has 0 atom stereocenters. The van der Waals surface area contributed by atoms with E-state index < -0.39 is 15.9 Å². The Kier molecular flexibility index (Phi) is 7.36. The second kappa shape index (κ2) is 10.6. The number of nitrogens with one attached hydrogen (secondary N) is 2. The van der Waals surface area contributed by atoms with Crippen molar-refractivity contribution in [1.29, 1.82) is 0 Å². The number of aryl methyl sites for hydroxylation is 1. The van der Waals surface area contributed by atoms with E-state index in [1.165, 1.54) is 16.4 Å². The van der Waals surface area contributed by atoms with Gasteiger partial charge in [0.05, 0.1) is 10.6 Å². The van der Waals surface area contributed by atoms with Crippen LogP contribution in [0.4, 0.5) is 11.4 Å². The molecule has 0 spiro atoms. The second-order valence-corrected chi connectivity index (χ2v) is 9.92. The lowest BCUT2D eigenvalue weighted by Gasteiger charge is -2.30. The number of carbonyl (C=O) groups is 2. The topological polar surface area (TPSA) is 105 Å². The average Bonchev–Trinajstić information content (AvgIpc) is 2.87. The van der Waals surface area contributed by atoms with Gasteiger partial charge in [-0.05, 0) is 61.7 Å². The molecule has 3 aromatic carbocycles. The lowest BCUT2D eigenvalue weighted by Crippen LogP contribution is -2.35. The molecule has 0 unspecified atom stereocenters. The molecule has 1 aliphatic rings. The van der Waals surface area contributed by atoms with E-state index in [4.69, 9.17) is 4.74 Å². The third-order valence-corrected chi connectivity index (χ3v) is 7.40. The predicted octanol–water partition coefficient (Wildman–Crippen LogP) is 3.60. The Morgan fingerprint density at radius 2 is 1.80 bits per heavy atom. The van der Waals surface area contributed by atoms with Crippen LogP contribution in [-0.4, -0.2) is 39.9 Å². The molecule has 182 valence electrons. The summed E-state index contributed by atoms with van der Waals surface area (Å²) < 4.78 is 33.8. The Morgan fingerprint density at radius 1 is 1.00 bits per heavy atom. The van der Waals surface area contributed by atoms with Crippen molar-refractivity contribution >= 4 is 33.2 Å². The fraction of sp³-hybridized carbons (Fsp3) is 0.231. The number of amides is 2. The van der Waals surface area contributed by atoms with Gasteiger partial charge in [0.1, 0.15) is 5.75 Å². The van der Waals surface area contributed by atoms with Crippen molar-refractivity contribution in [2.45, 2.75) is 24.7 Å². The van der Waals surface area contributed by atoms with Crippen molar-refractivity contribution < 1.29 is 22.7 Å². The van der Waals surface area contributed by atoms with Crippen molar-refractivity contribution in [3.63, 3.8) is 0 Å². The van der Waals surface area contributed by atoms with Crippen molar-refractivity contribution in [2.24, 2.45) is 0 Å². The minimum Gasteiger partial charge on any atom is -0.484 e. The molecule has 35 heavy (non-hydrogen) atoms. The highest BCUT2D eigenvalue weighted by atomic mass is 32.2. The Hall–Kier alpha value is -3.85. The fourth-order valence-electron chi connectivity index (χ4n) is 3.94. The smallest absolute Gasteiger partial charge is 0.264 e. The molecule has 0 saturated carbocycles. The van der Waals surface area contributed by atoms with Crippen molar-refractivity contribution in [3.8, 4) is 5.75 Å². The van der Waals surface area contributed by atoms with Gasteiger partial charge in [0, 0.05) is 30.4 Å². The first-order valence-corrected chi connectivity index (χ1v) is 12.8. The van der Waals surface area contributed by atoms with E-state index >= 15 is 0 Å². The van der Waals surface area contributed by atoms with Crippen LogP contribution in [0.2, 0.25) is 0 Å². The number of carbonyl (C=O) groups excluding carboxylic acids is 2. The zero-order chi connectivity index (χ0) is 24.8. The van der Waals surface area contributed by atoms with E-state index in [2.05, 4.69) is 10.6 Å². The summed E-state index contributed by atoms with van der Waals surface area (Å²) in [6.07, 6.45) is 1.56. The summed E-state index contributed by atoms with van der Waals surface area (Å²) in [4.78, 5) is 24.6. The molecule has 0 saturated heterocycles. The number of nitrogens with zero attached hydrogens (tertiary/aromatic N) is 1. The summed E-state index contributed by atoms with van der Waals surface area (Å²) in [5.41, 5.74) is 2.34. The normalized spacial score (nSPS) is 13.0. The molecule has 9 heteroatoms. The van der Waals surface area contributed by atoms with Crippen LogP contribution in [0.25, 0.3) is 0 Å². The number of likely N-dealkylation sites (N-methyl/N-ethyl adjacent to an activating group) is 1. The molecule has 0 aromatic heterocycles. The third-order valence-electron chi connectivity index (χ3n) is 5.59. The van der Waals surface area contributed by atoms with Gasteiger partial charge in [0.25, 0.3) is 21.8 Å². The van der Waals surface area contributed by atoms with Crippen molar-refractivity contribution in [3.05, 3.63) is 83.9 Å². The van der Waals surface area contributed by atoms with Gasteiger partial charge in [-0.15, -0.1) is 0 Å². The Morgan fingerprint density at radius 3 is 2.63 bits per heavy atom. The number of ether oxygens (including phenoxy) is 1. The van der Waals surface area contributed by atoms with Crippen LogP contribution in [-0.2, 0) is 21.2 Å². The van der Waals surface area contributed by atoms with Gasteiger partial charge >= 0.3 is 0 Å². The maximum absolute atomic E-state index is 13.4. The van der Waals surface area contributed by atoms with Crippen LogP contribution >= 0.6 is 0 Å². The number of rotatable bonds is 8. The molecule has 3 aromatic rings. The summed E-state index contributed by atoms with van der Waals surface area (Å²) in [5, 5.41) is 5.40. The summed E-state index contributed by atoms with van der Waals surface area (Å²) >= 11 is 0. The lowest BCUT2D eigenvalue weighted by molar-refractivity contribution is -0.122. The molecule has 0 bridgehead atoms. The largest absolute Gasteiger partial charge is 0.484 e. The van der Waals surface area contributed by atoms with E-state index in [9.17, 15) is 18.0 Å². The molecule has 0 aliphatic carbocycles. The van der Waals surface area contributed by atoms with Crippen LogP contribution in [0.5, 0.6) is 5.75 Å². The van der Waals surface area contributed by atoms with Gasteiger partial charge in [-0.1, -0.05) is 30.3 Å². The van der Waals surface area contributed by atoms with E-state index in [0.29, 0.717) is 30.2 Å². The predicted molar refractivity (Wildman–Crippen MR) is 134 cm³/mol. The van der Waals surface area contributed by atoms with Crippen LogP contribution in [0.1, 0.15) is 29.3 Å². The number of sulfonamides is 1. The number of hydrogen-bond acceptors (Lipinski definition) is 5. The molecule has 2 N–H and O–H groups in total. The van der Waals surface area contributed by atoms with E-state index in [0.717, 1.165) is 18.4 Å². The molecular weight excluding hydrogens is 466 g/mol. The van der Waals surface area contributed by atoms with Gasteiger partial charge in [0.2, 0.25) is 0 Å². The summed E-state index contributed by atoms with van der Waals surface area (Å²) in [7, 11) is -3.84. The highest BCUT2D eigenvalue weighted by Crippen LogP contribution is 2.32. The van der Waals surface area contributed by atoms with Gasteiger partial charge in [-0.2, -0.15) is 0 Å². The lowest BCUT2D eigenvalue weighted by atomic mass is 10.0. The molecule has 1 aliphatic heterocycles. The highest BCUT2D eigenvalue weighted by molar-refractivity contribution is 7.92. The highest BCUT2D eigenvalue weighted by Gasteiger charge is 2.29. The number of benzene rings is 3. The molecule has 1 heterocycles. The molecule has 2 amide bonds. The minimum absolute atomic E-state index is 0.0564. The van der Waals surface area contributed by atoms with Crippen LogP contribution < -0.4 is 19.7 Å². The summed E-state index contributed by atoms with van der Waals surface area (Å²) in [5.74, 6) is -0.271. The second-order valence-electron chi connectivity index (χ2n) is 8.06. The van der Waals surface area contributed by atoms with E-state index in [1.807, 2.05) is 31.2 Å². The quantitative estimate of drug-likeness (QED) is 0.499. The van der Waals surface area contributed by atoms with E-state index in [1.54, 1.807) is 36.4 Å². The molecule has 8 nitrogen and oxygen atoms in total. The van der Waals surface area contributed by atoms with Gasteiger partial charge < -0.3 is 15.4 Å². The number of fused-ring (bicyclic) bond motifs is 1. The molecule has 4 rings (SSSR count). The average molecular weight is 494 g/mol. The SMILES string of the molecule is CCNC(=O)COc1cccc(NC(=O)c2cccc(S(=O)(=O)N3CCCc4ccccc43)c2)c1. The van der Waals surface area contributed by atoms with Crippen molar-refractivity contribution in [2.75, 3.05) is 29.3 Å². The molecule has 0 fully saturated rings. The van der Waals surface area contributed by atoms with Crippen LogP contribution in [0.3, 0.4) is 0 Å². The first-order valence-electron chi connectivity index (χ1n) is 11.4. The number of anilines is 2. The first-order chi connectivity index (χ1) is 16.9. The van der Waals surface area contributed by atoms with Gasteiger partial charge in [0.15, 0.2) is 6.61 Å². The zero-order valence-electron chi connectivity index (χ0n) is 19.4. The third kappa shape index (κ3) is 5.63. The standard InChI is InChI=1S/C26H27N3O5S/c1-2-27-25(30)18-34-22-12-6-11-21(17-22)28-26(31)20-9-5-13-23(16-20)35(32,33)29-15-7-10-19-8-3-4-14-24(19)29/h3-6,8-9,11-14,16-17H,2,7,10,15,18H2,1H3,(H,27,30)(H,28,31). The van der Waals surface area contributed by atoms with Gasteiger partial charge in [-0.25, -0.2) is 8.42 Å². The molecular formula is C26H27N3O5S. The summed E-state index contributed by atoms with van der Waals surface area (Å²) in [6.45, 7) is 2.58.